The number of hydrazone groups is 1. The Morgan fingerprint density at radius 1 is 1.30 bits per heavy atom. The van der Waals surface area contributed by atoms with Gasteiger partial charge in [-0.1, -0.05) is 18.2 Å². The van der Waals surface area contributed by atoms with Gasteiger partial charge >= 0.3 is 0 Å². The second kappa shape index (κ2) is 8.97. The van der Waals surface area contributed by atoms with Gasteiger partial charge in [0.1, 0.15) is 24.0 Å². The Hall–Kier alpha value is -3.38. The molecule has 1 aromatic carbocycles. The average Bonchev–Trinajstić information content (AvgIpc) is 3.28. The monoisotopic (exact) mass is 415 g/mol. The molecule has 0 amide bonds. The van der Waals surface area contributed by atoms with E-state index in [1.54, 1.807) is 12.3 Å². The predicted molar refractivity (Wildman–Crippen MR) is 110 cm³/mol. The number of para-hydroxylation sites is 1. The molecule has 6 N–H and O–H groups in total. The zero-order valence-corrected chi connectivity index (χ0v) is 15.9. The van der Waals surface area contributed by atoms with Crippen LogP contribution in [0, 0.1) is 0 Å². The molecule has 11 nitrogen and oxygen atoms in total. The van der Waals surface area contributed by atoms with Crippen molar-refractivity contribution >= 4 is 41.6 Å². The second-order valence-electron chi connectivity index (χ2n) is 6.49. The van der Waals surface area contributed by atoms with Crippen molar-refractivity contribution in [2.75, 3.05) is 12.0 Å². The van der Waals surface area contributed by atoms with Gasteiger partial charge in [-0.25, -0.2) is 15.0 Å². The smallest absolute Gasteiger partial charge is 0.234 e. The number of benzene rings is 1. The van der Waals surface area contributed by atoms with Gasteiger partial charge in [0.05, 0.1) is 18.5 Å². The van der Waals surface area contributed by atoms with Gasteiger partial charge < -0.3 is 25.5 Å². The summed E-state index contributed by atoms with van der Waals surface area (Å²) in [5.41, 5.74) is 4.82. The number of aromatic hydroxyl groups is 1. The largest absolute Gasteiger partial charge is 0.493 e. The van der Waals surface area contributed by atoms with Crippen LogP contribution in [-0.2, 0) is 0 Å². The minimum Gasteiger partial charge on any atom is -0.493 e. The van der Waals surface area contributed by atoms with Crippen LogP contribution >= 0.6 is 0 Å². The normalized spacial score (nSPS) is 17.3. The molecule has 1 aromatic heterocycles. The molecule has 0 saturated carbocycles. The number of anilines is 1. The molecule has 30 heavy (non-hydrogen) atoms. The number of aliphatic imine (C=N–C) groups is 1. The van der Waals surface area contributed by atoms with Gasteiger partial charge in [-0.15, -0.1) is 0 Å². The summed E-state index contributed by atoms with van der Waals surface area (Å²) >= 11 is 0. The first-order valence-electron chi connectivity index (χ1n) is 8.95. The van der Waals surface area contributed by atoms with Crippen LogP contribution in [0.2, 0.25) is 0 Å². The molecule has 0 bridgehead atoms. The SMILES string of the molecule is CC(=O)n1c(N/N=C/[C@H](O)[C@@H](O)[C@@H](O)CO)nc(/C=C2\C=Nc3ccccc32)c1O. The van der Waals surface area contributed by atoms with Crippen molar-refractivity contribution in [2.45, 2.75) is 25.2 Å². The average molecular weight is 415 g/mol. The molecule has 1 aliphatic rings. The molecule has 0 fully saturated rings. The molecule has 2 aromatic rings. The van der Waals surface area contributed by atoms with Crippen LogP contribution in [0.1, 0.15) is 23.0 Å². The lowest BCUT2D eigenvalue weighted by atomic mass is 10.1. The molecule has 0 saturated heterocycles. The molecule has 0 unspecified atom stereocenters. The summed E-state index contributed by atoms with van der Waals surface area (Å²) in [6, 6.07) is 7.41. The van der Waals surface area contributed by atoms with Crippen LogP contribution in [0.25, 0.3) is 11.6 Å². The van der Waals surface area contributed by atoms with Crippen molar-refractivity contribution in [1.29, 1.82) is 0 Å². The number of aliphatic hydroxyl groups is 4. The van der Waals surface area contributed by atoms with Gasteiger partial charge in [0, 0.05) is 24.3 Å². The van der Waals surface area contributed by atoms with Crippen LogP contribution in [0.15, 0.2) is 34.4 Å². The predicted octanol–water partition coefficient (Wildman–Crippen LogP) is -0.0220. The summed E-state index contributed by atoms with van der Waals surface area (Å²) in [6.07, 6.45) is -0.770. The first-order valence-corrected chi connectivity index (χ1v) is 8.95. The fourth-order valence-electron chi connectivity index (χ4n) is 2.80. The Kier molecular flexibility index (Phi) is 6.37. The Morgan fingerprint density at radius 3 is 2.73 bits per heavy atom. The van der Waals surface area contributed by atoms with E-state index >= 15 is 0 Å². The molecular formula is C19H21N5O6. The van der Waals surface area contributed by atoms with Crippen molar-refractivity contribution in [2.24, 2.45) is 10.1 Å². The molecule has 3 atom stereocenters. The van der Waals surface area contributed by atoms with Crippen molar-refractivity contribution in [3.8, 4) is 5.88 Å². The number of fused-ring (bicyclic) bond motifs is 1. The van der Waals surface area contributed by atoms with Crippen LogP contribution in [0.3, 0.4) is 0 Å². The fraction of sp³-hybridized carbons (Fsp3) is 0.263. The maximum atomic E-state index is 11.9. The zero-order valence-electron chi connectivity index (χ0n) is 15.9. The number of nitrogens with zero attached hydrogens (tertiary/aromatic N) is 4. The second-order valence-corrected chi connectivity index (χ2v) is 6.49. The van der Waals surface area contributed by atoms with Gasteiger partial charge in [0.15, 0.2) is 0 Å². The summed E-state index contributed by atoms with van der Waals surface area (Å²) in [5.74, 6) is -1.09. The maximum absolute atomic E-state index is 11.9. The number of hydrogen-bond donors (Lipinski definition) is 6. The van der Waals surface area contributed by atoms with Crippen molar-refractivity contribution in [1.82, 2.24) is 9.55 Å². The number of carbonyl (C=O) groups excluding carboxylic acids is 1. The lowest BCUT2D eigenvalue weighted by molar-refractivity contribution is -0.0541. The first kappa shape index (κ1) is 21.3. The molecule has 1 aliphatic heterocycles. The van der Waals surface area contributed by atoms with Crippen LogP contribution < -0.4 is 5.43 Å². The minimum absolute atomic E-state index is 0.0948. The lowest BCUT2D eigenvalue weighted by Crippen LogP contribution is -2.40. The van der Waals surface area contributed by atoms with E-state index in [2.05, 4.69) is 20.5 Å². The third-order valence-corrected chi connectivity index (χ3v) is 4.37. The molecule has 0 aliphatic carbocycles. The van der Waals surface area contributed by atoms with Crippen LogP contribution in [0.5, 0.6) is 5.88 Å². The van der Waals surface area contributed by atoms with Crippen LogP contribution in [-0.4, -0.2) is 78.3 Å². The third-order valence-electron chi connectivity index (χ3n) is 4.37. The molecule has 2 heterocycles. The van der Waals surface area contributed by atoms with E-state index < -0.39 is 36.7 Å². The van der Waals surface area contributed by atoms with Gasteiger partial charge in [0.2, 0.25) is 17.7 Å². The van der Waals surface area contributed by atoms with Crippen LogP contribution in [0.4, 0.5) is 11.6 Å². The Labute approximate surface area is 171 Å². The van der Waals surface area contributed by atoms with Gasteiger partial charge in [-0.2, -0.15) is 5.10 Å². The molecule has 158 valence electrons. The number of allylic oxidation sites excluding steroid dienone is 1. The highest BCUT2D eigenvalue weighted by molar-refractivity contribution is 6.21. The highest BCUT2D eigenvalue weighted by Gasteiger charge is 2.23. The number of aromatic nitrogens is 2. The molecule has 11 heteroatoms. The Bertz CT molecular complexity index is 1030. The summed E-state index contributed by atoms with van der Waals surface area (Å²) < 4.78 is 0.882. The number of aliphatic hydroxyl groups excluding tert-OH is 4. The van der Waals surface area contributed by atoms with Gasteiger partial charge in [-0.05, 0) is 12.1 Å². The lowest BCUT2D eigenvalue weighted by Gasteiger charge is -2.17. The summed E-state index contributed by atoms with van der Waals surface area (Å²) in [5, 5.41) is 51.6. The Balaban J connectivity index is 1.85. The Morgan fingerprint density at radius 2 is 2.03 bits per heavy atom. The highest BCUT2D eigenvalue weighted by Crippen LogP contribution is 2.34. The zero-order chi connectivity index (χ0) is 21.8. The van der Waals surface area contributed by atoms with Crippen molar-refractivity contribution in [3.63, 3.8) is 0 Å². The third kappa shape index (κ3) is 4.28. The maximum Gasteiger partial charge on any atom is 0.234 e. The number of rotatable bonds is 7. The van der Waals surface area contributed by atoms with Crippen molar-refractivity contribution in [3.05, 3.63) is 35.5 Å². The molecule has 3 rings (SSSR count). The van der Waals surface area contributed by atoms with E-state index in [0.29, 0.717) is 5.57 Å². The molecular weight excluding hydrogens is 394 g/mol. The number of nitrogens with one attached hydrogen (secondary N) is 1. The number of imidazole rings is 1. The standard InChI is InChI=1S/C19H21N5O6/c1-10(26)24-18(30)14(6-11-7-20-13-5-3-2-4-12(11)13)22-19(24)23-21-8-15(27)17(29)16(28)9-25/h2-8,15-17,25,27-30H,9H2,1H3,(H,22,23)/b11-6+,21-8+/t15-,16-,17+/m0/s1. The quantitative estimate of drug-likeness (QED) is 0.270. The van der Waals surface area contributed by atoms with E-state index in [0.717, 1.165) is 22.0 Å². The van der Waals surface area contributed by atoms with Gasteiger partial charge in [-0.3, -0.25) is 9.79 Å². The number of hydrogen-bond acceptors (Lipinski definition) is 10. The molecule has 0 spiro atoms. The van der Waals surface area contributed by atoms with E-state index in [-0.39, 0.29) is 11.6 Å². The summed E-state index contributed by atoms with van der Waals surface area (Å²) in [6.45, 7) is 0.475. The van der Waals surface area contributed by atoms with Crippen molar-refractivity contribution < 1.29 is 30.3 Å². The fourth-order valence-corrected chi connectivity index (χ4v) is 2.80. The van der Waals surface area contributed by atoms with E-state index in [9.17, 15) is 25.2 Å². The van der Waals surface area contributed by atoms with E-state index in [1.807, 2.05) is 24.3 Å². The summed E-state index contributed by atoms with van der Waals surface area (Å²) in [7, 11) is 0. The van der Waals surface area contributed by atoms with E-state index in [4.69, 9.17) is 5.11 Å². The first-order chi connectivity index (χ1) is 14.3. The minimum atomic E-state index is -1.66. The topological polar surface area (TPSA) is 173 Å². The molecule has 0 radical (unpaired) electrons. The summed E-state index contributed by atoms with van der Waals surface area (Å²) in [4.78, 5) is 20.4. The van der Waals surface area contributed by atoms with Gasteiger partial charge in [0.25, 0.3) is 0 Å². The number of carbonyl (C=O) groups is 1. The van der Waals surface area contributed by atoms with E-state index in [1.165, 1.54) is 6.92 Å². The highest BCUT2D eigenvalue weighted by atomic mass is 16.4.